The number of Topliss-reactive ketones (excluding diaryl/α,β-unsaturated/α-hetero) is 1. The van der Waals surface area contributed by atoms with Gasteiger partial charge in [0.05, 0.1) is 0 Å². The Morgan fingerprint density at radius 1 is 1.15 bits per heavy atom. The lowest BCUT2D eigenvalue weighted by atomic mass is 9.82. The molecule has 0 atom stereocenters. The van der Waals surface area contributed by atoms with Crippen LogP contribution >= 0.6 is 0 Å². The molecule has 1 aliphatic rings. The van der Waals surface area contributed by atoms with Gasteiger partial charge in [0.25, 0.3) is 0 Å². The summed E-state index contributed by atoms with van der Waals surface area (Å²) in [6.45, 7) is 7.14. The highest BCUT2D eigenvalue weighted by molar-refractivity contribution is 5.96. The zero-order valence-electron chi connectivity index (χ0n) is 12.1. The lowest BCUT2D eigenvalue weighted by Crippen LogP contribution is -2.38. The van der Waals surface area contributed by atoms with Crippen LogP contribution < -0.4 is 0 Å². The van der Waals surface area contributed by atoms with Crippen molar-refractivity contribution >= 4 is 5.78 Å². The van der Waals surface area contributed by atoms with E-state index in [2.05, 4.69) is 18.7 Å². The number of piperidine rings is 1. The van der Waals surface area contributed by atoms with Crippen molar-refractivity contribution in [3.8, 4) is 0 Å². The number of carbonyl (C=O) groups excluding carboxylic acids is 1. The minimum absolute atomic E-state index is 0.125. The van der Waals surface area contributed by atoms with Crippen LogP contribution in [0.3, 0.4) is 0 Å². The van der Waals surface area contributed by atoms with Crippen LogP contribution in [0.4, 0.5) is 8.78 Å². The molecule has 4 heteroatoms. The molecule has 20 heavy (non-hydrogen) atoms. The Kier molecular flexibility index (Phi) is 4.53. The van der Waals surface area contributed by atoms with Gasteiger partial charge in [0.1, 0.15) is 11.6 Å². The van der Waals surface area contributed by atoms with E-state index in [0.29, 0.717) is 18.4 Å². The molecule has 0 spiro atoms. The van der Waals surface area contributed by atoms with Crippen molar-refractivity contribution in [3.63, 3.8) is 0 Å². The van der Waals surface area contributed by atoms with Crippen LogP contribution in [0.1, 0.15) is 43.5 Å². The van der Waals surface area contributed by atoms with Gasteiger partial charge in [-0.15, -0.1) is 0 Å². The van der Waals surface area contributed by atoms with Gasteiger partial charge in [-0.1, -0.05) is 13.8 Å². The van der Waals surface area contributed by atoms with Crippen LogP contribution in [0.5, 0.6) is 0 Å². The molecule has 0 saturated carbocycles. The summed E-state index contributed by atoms with van der Waals surface area (Å²) >= 11 is 0. The number of nitrogens with zero attached hydrogens (tertiary/aromatic N) is 1. The average molecular weight is 281 g/mol. The molecule has 1 heterocycles. The Bertz CT molecular complexity index is 469. The topological polar surface area (TPSA) is 20.3 Å². The molecule has 1 aromatic carbocycles. The Balaban J connectivity index is 1.86. The van der Waals surface area contributed by atoms with E-state index in [4.69, 9.17) is 0 Å². The first kappa shape index (κ1) is 15.1. The number of carbonyl (C=O) groups is 1. The van der Waals surface area contributed by atoms with Crippen molar-refractivity contribution in [1.82, 2.24) is 4.90 Å². The second-order valence-electron chi connectivity index (χ2n) is 6.34. The van der Waals surface area contributed by atoms with Crippen molar-refractivity contribution in [2.45, 2.75) is 33.1 Å². The molecule has 0 unspecified atom stereocenters. The van der Waals surface area contributed by atoms with E-state index in [0.717, 1.165) is 44.1 Å². The predicted octanol–water partition coefficient (Wildman–Crippen LogP) is 3.66. The number of hydrogen-bond acceptors (Lipinski definition) is 2. The molecule has 0 aromatic heterocycles. The van der Waals surface area contributed by atoms with Crippen molar-refractivity contribution in [2.24, 2.45) is 5.41 Å². The van der Waals surface area contributed by atoms with Gasteiger partial charge >= 0.3 is 0 Å². The van der Waals surface area contributed by atoms with Gasteiger partial charge in [-0.05, 0) is 43.5 Å². The maximum absolute atomic E-state index is 13.1. The first-order valence-corrected chi connectivity index (χ1v) is 7.07. The molecule has 0 aliphatic carbocycles. The molecule has 0 radical (unpaired) electrons. The summed E-state index contributed by atoms with van der Waals surface area (Å²) in [4.78, 5) is 14.2. The van der Waals surface area contributed by atoms with E-state index < -0.39 is 11.6 Å². The summed E-state index contributed by atoms with van der Waals surface area (Å²) in [6.07, 6.45) is 2.55. The Morgan fingerprint density at radius 3 is 2.25 bits per heavy atom. The molecule has 0 bridgehead atoms. The summed E-state index contributed by atoms with van der Waals surface area (Å²) in [7, 11) is 0. The van der Waals surface area contributed by atoms with Gasteiger partial charge in [-0.3, -0.25) is 4.79 Å². The van der Waals surface area contributed by atoms with E-state index in [-0.39, 0.29) is 11.3 Å². The summed E-state index contributed by atoms with van der Waals surface area (Å²) in [6, 6.07) is 2.99. The SMILES string of the molecule is CC1(C)CCN(CCC(=O)c2cc(F)cc(F)c2)CC1. The number of rotatable bonds is 4. The summed E-state index contributed by atoms with van der Waals surface area (Å²) in [5.41, 5.74) is 0.506. The number of likely N-dealkylation sites (tertiary alicyclic amines) is 1. The molecular formula is C16H21F2NO. The summed E-state index contributed by atoms with van der Waals surface area (Å²) < 4.78 is 26.1. The Morgan fingerprint density at radius 2 is 1.70 bits per heavy atom. The van der Waals surface area contributed by atoms with Crippen LogP contribution in [0, 0.1) is 17.0 Å². The first-order valence-electron chi connectivity index (χ1n) is 7.07. The number of benzene rings is 1. The zero-order valence-corrected chi connectivity index (χ0v) is 12.1. The quantitative estimate of drug-likeness (QED) is 0.785. The monoisotopic (exact) mass is 281 g/mol. The van der Waals surface area contributed by atoms with E-state index in [1.807, 2.05) is 0 Å². The van der Waals surface area contributed by atoms with E-state index >= 15 is 0 Å². The van der Waals surface area contributed by atoms with Gasteiger partial charge in [-0.2, -0.15) is 0 Å². The Labute approximate surface area is 118 Å². The molecule has 1 saturated heterocycles. The molecule has 1 fully saturated rings. The third-order valence-electron chi connectivity index (χ3n) is 4.05. The largest absolute Gasteiger partial charge is 0.303 e. The third kappa shape index (κ3) is 4.10. The molecular weight excluding hydrogens is 260 g/mol. The fourth-order valence-electron chi connectivity index (χ4n) is 2.50. The smallest absolute Gasteiger partial charge is 0.164 e. The zero-order chi connectivity index (χ0) is 14.8. The van der Waals surface area contributed by atoms with Crippen molar-refractivity contribution in [2.75, 3.05) is 19.6 Å². The summed E-state index contributed by atoms with van der Waals surface area (Å²) in [5, 5.41) is 0. The fraction of sp³-hybridized carbons (Fsp3) is 0.562. The minimum atomic E-state index is -0.701. The van der Waals surface area contributed by atoms with E-state index in [1.165, 1.54) is 0 Å². The number of halogens is 2. The molecule has 2 nitrogen and oxygen atoms in total. The van der Waals surface area contributed by atoms with Gasteiger partial charge in [0.2, 0.25) is 0 Å². The average Bonchev–Trinajstić information content (AvgIpc) is 2.36. The molecule has 0 amide bonds. The van der Waals surface area contributed by atoms with Crippen LogP contribution in [0.15, 0.2) is 18.2 Å². The van der Waals surface area contributed by atoms with Crippen LogP contribution in [0.25, 0.3) is 0 Å². The Hall–Kier alpha value is -1.29. The van der Waals surface area contributed by atoms with Crippen LogP contribution in [0.2, 0.25) is 0 Å². The van der Waals surface area contributed by atoms with Crippen molar-refractivity contribution in [1.29, 1.82) is 0 Å². The van der Waals surface area contributed by atoms with Gasteiger partial charge < -0.3 is 4.90 Å². The molecule has 0 N–H and O–H groups in total. The van der Waals surface area contributed by atoms with Crippen LogP contribution in [-0.2, 0) is 0 Å². The molecule has 2 rings (SSSR count). The van der Waals surface area contributed by atoms with E-state index in [9.17, 15) is 13.6 Å². The second-order valence-corrected chi connectivity index (χ2v) is 6.34. The van der Waals surface area contributed by atoms with Crippen molar-refractivity contribution < 1.29 is 13.6 Å². The maximum atomic E-state index is 13.1. The number of hydrogen-bond donors (Lipinski definition) is 0. The van der Waals surface area contributed by atoms with Gasteiger partial charge in [-0.25, -0.2) is 8.78 Å². The second kappa shape index (κ2) is 6.00. The maximum Gasteiger partial charge on any atom is 0.164 e. The number of ketones is 1. The normalized spacial score (nSPS) is 19.0. The highest BCUT2D eigenvalue weighted by Crippen LogP contribution is 2.29. The lowest BCUT2D eigenvalue weighted by molar-refractivity contribution is 0.0926. The standard InChI is InChI=1S/C16H21F2NO/c1-16(2)4-7-19(8-5-16)6-3-15(20)12-9-13(17)11-14(18)10-12/h9-11H,3-8H2,1-2H3. The highest BCUT2D eigenvalue weighted by atomic mass is 19.1. The molecule has 1 aromatic rings. The predicted molar refractivity (Wildman–Crippen MR) is 74.8 cm³/mol. The van der Waals surface area contributed by atoms with Crippen LogP contribution in [-0.4, -0.2) is 30.3 Å². The highest BCUT2D eigenvalue weighted by Gasteiger charge is 2.25. The van der Waals surface area contributed by atoms with Gasteiger partial charge in [0.15, 0.2) is 5.78 Å². The lowest BCUT2D eigenvalue weighted by Gasteiger charge is -2.36. The third-order valence-corrected chi connectivity index (χ3v) is 4.05. The fourth-order valence-corrected chi connectivity index (χ4v) is 2.50. The summed E-state index contributed by atoms with van der Waals surface area (Å²) in [5.74, 6) is -1.60. The minimum Gasteiger partial charge on any atom is -0.303 e. The van der Waals surface area contributed by atoms with Gasteiger partial charge in [0, 0.05) is 24.6 Å². The molecule has 110 valence electrons. The van der Waals surface area contributed by atoms with Crippen molar-refractivity contribution in [3.05, 3.63) is 35.4 Å². The van der Waals surface area contributed by atoms with E-state index in [1.54, 1.807) is 0 Å². The first-order chi connectivity index (χ1) is 9.35. The molecule has 1 aliphatic heterocycles.